The van der Waals surface area contributed by atoms with E-state index in [4.69, 9.17) is 9.47 Å². The number of carbonyl (C=O) groups excluding carboxylic acids is 1. The maximum Gasteiger partial charge on any atom is 0.220 e. The second kappa shape index (κ2) is 60.3. The Bertz CT molecular complexity index is 1210. The van der Waals surface area contributed by atoms with Gasteiger partial charge in [-0.05, 0) is 12.8 Å². The van der Waals surface area contributed by atoms with Crippen molar-refractivity contribution in [2.75, 3.05) is 13.2 Å². The Hall–Kier alpha value is -0.810. The molecule has 1 aliphatic heterocycles. The van der Waals surface area contributed by atoms with Crippen LogP contribution in [0.5, 0.6) is 0 Å². The Balaban J connectivity index is 2.09. The van der Waals surface area contributed by atoms with Gasteiger partial charge in [-0.2, -0.15) is 0 Å². The molecule has 1 amide bonds. The summed E-state index contributed by atoms with van der Waals surface area (Å²) in [7, 11) is 0. The molecule has 9 heteroatoms. The van der Waals surface area contributed by atoms with E-state index in [-0.39, 0.29) is 12.5 Å². The van der Waals surface area contributed by atoms with Gasteiger partial charge < -0.3 is 40.3 Å². The fourth-order valence-corrected chi connectivity index (χ4v) is 12.1. The molecule has 0 radical (unpaired) electrons. The summed E-state index contributed by atoms with van der Waals surface area (Å²) in [5.74, 6) is -0.133. The molecule has 0 bridgehead atoms. The van der Waals surface area contributed by atoms with Crippen LogP contribution < -0.4 is 5.32 Å². The number of hydrogen-bond donors (Lipinski definition) is 6. The van der Waals surface area contributed by atoms with Gasteiger partial charge in [-0.3, -0.25) is 4.79 Å². The van der Waals surface area contributed by atoms with E-state index in [1.165, 1.54) is 321 Å². The molecule has 0 saturated carbocycles. The van der Waals surface area contributed by atoms with E-state index in [0.29, 0.717) is 12.8 Å². The molecule has 7 atom stereocenters. The molecule has 1 saturated heterocycles. The average Bonchev–Trinajstić information content (AvgIpc) is 3.47. The zero-order chi connectivity index (χ0) is 57.2. The van der Waals surface area contributed by atoms with E-state index in [1.54, 1.807) is 0 Å². The molecule has 472 valence electrons. The van der Waals surface area contributed by atoms with E-state index in [1.807, 2.05) is 0 Å². The third-order valence-electron chi connectivity index (χ3n) is 17.7. The molecule has 1 rings (SSSR count). The molecule has 1 heterocycles. The van der Waals surface area contributed by atoms with Crippen molar-refractivity contribution in [1.82, 2.24) is 5.32 Å². The van der Waals surface area contributed by atoms with Crippen LogP contribution in [0.1, 0.15) is 386 Å². The van der Waals surface area contributed by atoms with Crippen LogP contribution in [0, 0.1) is 0 Å². The lowest BCUT2D eigenvalue weighted by Crippen LogP contribution is -2.60. The average molecular weight is 1120 g/mol. The Morgan fingerprint density at radius 3 is 0.899 bits per heavy atom. The summed E-state index contributed by atoms with van der Waals surface area (Å²) in [5.41, 5.74) is 0. The highest BCUT2D eigenvalue weighted by molar-refractivity contribution is 5.76. The van der Waals surface area contributed by atoms with Gasteiger partial charge in [0.1, 0.15) is 24.4 Å². The zero-order valence-electron chi connectivity index (χ0n) is 52.9. The standard InChI is InChI=1S/C70H139NO8/c1-3-5-7-9-11-13-15-17-19-21-23-25-27-29-31-33-35-37-39-41-43-45-47-49-51-53-55-57-59-64(73)63(62-78-70-69(77)68(76)67(75)65(61-72)79-70)71-66(74)60-58-56-54-52-50-48-46-44-42-40-38-36-34-32-30-28-26-24-22-20-18-16-14-12-10-8-6-4-2/h63-65,67-70,72-73,75-77H,3-62H2,1-2H3,(H,71,74). The molecule has 1 fully saturated rings. The largest absolute Gasteiger partial charge is 0.394 e. The van der Waals surface area contributed by atoms with Crippen molar-refractivity contribution in [3.05, 3.63) is 0 Å². The minimum Gasteiger partial charge on any atom is -0.394 e. The van der Waals surface area contributed by atoms with Crippen molar-refractivity contribution in [1.29, 1.82) is 0 Å². The van der Waals surface area contributed by atoms with Crippen LogP contribution in [0.25, 0.3) is 0 Å². The van der Waals surface area contributed by atoms with Crippen LogP contribution in [-0.4, -0.2) is 87.5 Å². The smallest absolute Gasteiger partial charge is 0.220 e. The SMILES string of the molecule is CCCCCCCCCCCCCCCCCCCCCCCCCCCCCCC(=O)NC(COC1OC(CO)C(O)C(O)C1O)C(O)CCCCCCCCCCCCCCCCCCCCCCCCCCCCCC. The summed E-state index contributed by atoms with van der Waals surface area (Å²) >= 11 is 0. The maximum atomic E-state index is 13.2. The molecule has 0 aliphatic carbocycles. The van der Waals surface area contributed by atoms with Crippen molar-refractivity contribution in [2.24, 2.45) is 0 Å². The Morgan fingerprint density at radius 2 is 0.633 bits per heavy atom. The first-order valence-electron chi connectivity index (χ1n) is 35.7. The minimum absolute atomic E-state index is 0.130. The molecule has 1 aliphatic rings. The predicted molar refractivity (Wildman–Crippen MR) is 337 cm³/mol. The Morgan fingerprint density at radius 1 is 0.380 bits per heavy atom. The number of aliphatic hydroxyl groups excluding tert-OH is 5. The van der Waals surface area contributed by atoms with Crippen molar-refractivity contribution in [3.8, 4) is 0 Å². The molecule has 6 N–H and O–H groups in total. The Labute approximate surface area is 491 Å². The van der Waals surface area contributed by atoms with E-state index in [9.17, 15) is 30.3 Å². The van der Waals surface area contributed by atoms with Crippen molar-refractivity contribution < 1.29 is 39.8 Å². The van der Waals surface area contributed by atoms with Gasteiger partial charge in [0.05, 0.1) is 25.4 Å². The van der Waals surface area contributed by atoms with Crippen LogP contribution in [0.15, 0.2) is 0 Å². The molecule has 0 spiro atoms. The van der Waals surface area contributed by atoms with E-state index in [2.05, 4.69) is 19.2 Å². The number of carbonyl (C=O) groups is 1. The highest BCUT2D eigenvalue weighted by atomic mass is 16.7. The number of rotatable bonds is 64. The fraction of sp³-hybridized carbons (Fsp3) is 0.986. The molecule has 0 aromatic heterocycles. The van der Waals surface area contributed by atoms with Crippen LogP contribution >= 0.6 is 0 Å². The van der Waals surface area contributed by atoms with Crippen molar-refractivity contribution in [2.45, 2.75) is 429 Å². The maximum absolute atomic E-state index is 13.2. The minimum atomic E-state index is -1.55. The van der Waals surface area contributed by atoms with E-state index < -0.39 is 49.5 Å². The monoisotopic (exact) mass is 1120 g/mol. The lowest BCUT2D eigenvalue weighted by Gasteiger charge is -2.40. The van der Waals surface area contributed by atoms with Gasteiger partial charge in [-0.25, -0.2) is 0 Å². The summed E-state index contributed by atoms with van der Waals surface area (Å²) in [6.45, 7) is 3.91. The number of hydrogen-bond acceptors (Lipinski definition) is 8. The summed E-state index contributed by atoms with van der Waals surface area (Å²) in [6.07, 6.45) is 68.9. The highest BCUT2D eigenvalue weighted by Crippen LogP contribution is 2.24. The molecule has 79 heavy (non-hydrogen) atoms. The molecule has 9 nitrogen and oxygen atoms in total. The van der Waals surface area contributed by atoms with Crippen molar-refractivity contribution in [3.63, 3.8) is 0 Å². The quantitative estimate of drug-likeness (QED) is 0.0330. The Kier molecular flexibility index (Phi) is 58.2. The third-order valence-corrected chi connectivity index (χ3v) is 17.7. The van der Waals surface area contributed by atoms with Crippen LogP contribution in [0.4, 0.5) is 0 Å². The van der Waals surface area contributed by atoms with Gasteiger partial charge in [-0.1, -0.05) is 367 Å². The van der Waals surface area contributed by atoms with Crippen LogP contribution in [0.2, 0.25) is 0 Å². The first-order chi connectivity index (χ1) is 38.8. The van der Waals surface area contributed by atoms with Crippen molar-refractivity contribution >= 4 is 5.91 Å². The first kappa shape index (κ1) is 76.2. The van der Waals surface area contributed by atoms with E-state index >= 15 is 0 Å². The zero-order valence-corrected chi connectivity index (χ0v) is 52.9. The number of nitrogens with one attached hydrogen (secondary N) is 1. The molecule has 0 aromatic carbocycles. The van der Waals surface area contributed by atoms with Crippen LogP contribution in [-0.2, 0) is 14.3 Å². The highest BCUT2D eigenvalue weighted by Gasteiger charge is 2.44. The lowest BCUT2D eigenvalue weighted by molar-refractivity contribution is -0.302. The molecule has 7 unspecified atom stereocenters. The predicted octanol–water partition coefficient (Wildman–Crippen LogP) is 19.3. The van der Waals surface area contributed by atoms with Gasteiger partial charge in [0.15, 0.2) is 6.29 Å². The van der Waals surface area contributed by atoms with Crippen LogP contribution in [0.3, 0.4) is 0 Å². The molecular weight excluding hydrogens is 983 g/mol. The number of ether oxygens (including phenoxy) is 2. The van der Waals surface area contributed by atoms with Gasteiger partial charge in [-0.15, -0.1) is 0 Å². The lowest BCUT2D eigenvalue weighted by atomic mass is 9.99. The second-order valence-corrected chi connectivity index (χ2v) is 25.4. The fourth-order valence-electron chi connectivity index (χ4n) is 12.1. The van der Waals surface area contributed by atoms with Gasteiger partial charge in [0, 0.05) is 6.42 Å². The summed E-state index contributed by atoms with van der Waals surface area (Å²) in [6, 6.07) is -0.715. The van der Waals surface area contributed by atoms with Gasteiger partial charge in [0.2, 0.25) is 5.91 Å². The number of unbranched alkanes of at least 4 members (excludes halogenated alkanes) is 54. The number of amides is 1. The van der Waals surface area contributed by atoms with Gasteiger partial charge in [0.25, 0.3) is 0 Å². The van der Waals surface area contributed by atoms with Gasteiger partial charge >= 0.3 is 0 Å². The summed E-state index contributed by atoms with van der Waals surface area (Å²) < 4.78 is 11.4. The summed E-state index contributed by atoms with van der Waals surface area (Å²) in [5, 5.41) is 55.0. The normalized spacial score (nSPS) is 18.4. The summed E-state index contributed by atoms with van der Waals surface area (Å²) in [4.78, 5) is 13.2. The molecular formula is C70H139NO8. The first-order valence-corrected chi connectivity index (χ1v) is 35.7. The topological polar surface area (TPSA) is 149 Å². The second-order valence-electron chi connectivity index (χ2n) is 25.4. The van der Waals surface area contributed by atoms with E-state index in [0.717, 1.165) is 38.5 Å². The number of aliphatic hydroxyl groups is 5. The third kappa shape index (κ3) is 49.2. The molecule has 0 aromatic rings.